The molecule has 1 saturated heterocycles. The van der Waals surface area contributed by atoms with Gasteiger partial charge in [0.25, 0.3) is 11.7 Å². The highest BCUT2D eigenvalue weighted by molar-refractivity contribution is 5.88. The van der Waals surface area contributed by atoms with Gasteiger partial charge in [-0.15, -0.1) is 0 Å². The zero-order valence-corrected chi connectivity index (χ0v) is 11.3. The van der Waals surface area contributed by atoms with E-state index in [0.29, 0.717) is 13.1 Å². The zero-order valence-electron chi connectivity index (χ0n) is 11.3. The summed E-state index contributed by atoms with van der Waals surface area (Å²) >= 11 is 0. The van der Waals surface area contributed by atoms with Crippen LogP contribution < -0.4 is 11.1 Å². The molecule has 20 heavy (non-hydrogen) atoms. The maximum absolute atomic E-state index is 12.0. The van der Waals surface area contributed by atoms with Crippen LogP contribution in [-0.4, -0.2) is 52.3 Å². The van der Waals surface area contributed by atoms with Crippen molar-refractivity contribution < 1.29 is 18.8 Å². The summed E-state index contributed by atoms with van der Waals surface area (Å²) in [5, 5.41) is 6.03. The number of nitrogens with zero attached hydrogens (tertiary/aromatic N) is 3. The fourth-order valence-corrected chi connectivity index (χ4v) is 2.03. The van der Waals surface area contributed by atoms with E-state index in [2.05, 4.69) is 15.5 Å². The highest BCUT2D eigenvalue weighted by Crippen LogP contribution is 2.10. The standard InChI is InChI=1S/C11H17N5O4/c1-6-4-16(5-7(2)19-6)11(18)13-3-8-14-10(9(12)17)15-20-8/h6-7H,3-5H2,1-2H3,(H2,12,17)(H,13,18)/t6-,7+. The van der Waals surface area contributed by atoms with E-state index >= 15 is 0 Å². The Kier molecular flexibility index (Phi) is 4.18. The van der Waals surface area contributed by atoms with Gasteiger partial charge in [0, 0.05) is 13.1 Å². The summed E-state index contributed by atoms with van der Waals surface area (Å²) in [6, 6.07) is -0.245. The number of nitrogens with two attached hydrogens (primary N) is 1. The first kappa shape index (κ1) is 14.3. The van der Waals surface area contributed by atoms with Gasteiger partial charge in [-0.05, 0) is 13.8 Å². The maximum atomic E-state index is 12.0. The molecule has 1 aliphatic rings. The Morgan fingerprint density at radius 2 is 2.05 bits per heavy atom. The Bertz CT molecular complexity index is 493. The quantitative estimate of drug-likeness (QED) is 0.769. The Labute approximate surface area is 115 Å². The number of primary amides is 1. The number of hydrogen-bond donors (Lipinski definition) is 2. The van der Waals surface area contributed by atoms with Crippen LogP contribution in [0.2, 0.25) is 0 Å². The van der Waals surface area contributed by atoms with Gasteiger partial charge >= 0.3 is 6.03 Å². The lowest BCUT2D eigenvalue weighted by Gasteiger charge is -2.35. The largest absolute Gasteiger partial charge is 0.372 e. The third-order valence-electron chi connectivity index (χ3n) is 2.79. The van der Waals surface area contributed by atoms with Crippen molar-refractivity contribution in [3.63, 3.8) is 0 Å². The third-order valence-corrected chi connectivity index (χ3v) is 2.79. The molecule has 1 fully saturated rings. The number of amides is 3. The molecule has 0 saturated carbocycles. The topological polar surface area (TPSA) is 124 Å². The molecule has 110 valence electrons. The summed E-state index contributed by atoms with van der Waals surface area (Å²) < 4.78 is 10.3. The van der Waals surface area contributed by atoms with E-state index in [0.717, 1.165) is 0 Å². The first-order valence-electron chi connectivity index (χ1n) is 6.26. The summed E-state index contributed by atoms with van der Waals surface area (Å²) in [5.74, 6) is -0.855. The Hall–Kier alpha value is -2.16. The SMILES string of the molecule is C[C@@H]1CN(C(=O)NCc2nc(C(N)=O)no2)C[C@H](C)O1. The molecule has 0 radical (unpaired) electrons. The Morgan fingerprint density at radius 3 is 2.60 bits per heavy atom. The summed E-state index contributed by atoms with van der Waals surface area (Å²) in [6.07, 6.45) is -0.0104. The molecule has 9 nitrogen and oxygen atoms in total. The minimum absolute atomic E-state index is 0.00521. The van der Waals surface area contributed by atoms with Crippen molar-refractivity contribution >= 4 is 11.9 Å². The zero-order chi connectivity index (χ0) is 14.7. The lowest BCUT2D eigenvalue weighted by molar-refractivity contribution is -0.0545. The third kappa shape index (κ3) is 3.44. The number of morpholine rings is 1. The van der Waals surface area contributed by atoms with Gasteiger partial charge in [-0.25, -0.2) is 4.79 Å². The van der Waals surface area contributed by atoms with E-state index in [4.69, 9.17) is 15.0 Å². The molecule has 0 spiro atoms. The normalized spacial score (nSPS) is 22.6. The second-order valence-electron chi connectivity index (χ2n) is 4.70. The lowest BCUT2D eigenvalue weighted by atomic mass is 10.2. The first-order valence-corrected chi connectivity index (χ1v) is 6.26. The smallest absolute Gasteiger partial charge is 0.318 e. The van der Waals surface area contributed by atoms with Crippen molar-refractivity contribution in [3.8, 4) is 0 Å². The van der Waals surface area contributed by atoms with Gasteiger partial charge in [-0.1, -0.05) is 5.16 Å². The van der Waals surface area contributed by atoms with Gasteiger partial charge in [0.2, 0.25) is 5.89 Å². The van der Waals surface area contributed by atoms with Gasteiger partial charge in [-0.3, -0.25) is 4.79 Å². The van der Waals surface area contributed by atoms with Crippen molar-refractivity contribution in [1.29, 1.82) is 0 Å². The van der Waals surface area contributed by atoms with Crippen LogP contribution in [-0.2, 0) is 11.3 Å². The highest BCUT2D eigenvalue weighted by Gasteiger charge is 2.26. The second-order valence-corrected chi connectivity index (χ2v) is 4.70. The number of nitrogens with one attached hydrogen (secondary N) is 1. The van der Waals surface area contributed by atoms with Gasteiger partial charge in [0.1, 0.15) is 0 Å². The number of aromatic nitrogens is 2. The van der Waals surface area contributed by atoms with Gasteiger partial charge in [0.15, 0.2) is 0 Å². The number of carbonyl (C=O) groups is 2. The molecule has 3 amide bonds. The van der Waals surface area contributed by atoms with E-state index in [1.807, 2.05) is 13.8 Å². The molecule has 0 aromatic carbocycles. The predicted molar refractivity (Wildman–Crippen MR) is 66.6 cm³/mol. The van der Waals surface area contributed by atoms with Crippen molar-refractivity contribution in [2.75, 3.05) is 13.1 Å². The van der Waals surface area contributed by atoms with Crippen LogP contribution in [0.15, 0.2) is 4.52 Å². The lowest BCUT2D eigenvalue weighted by Crippen LogP contribution is -2.51. The van der Waals surface area contributed by atoms with E-state index in [-0.39, 0.29) is 36.5 Å². The summed E-state index contributed by atoms with van der Waals surface area (Å²) in [4.78, 5) is 28.2. The van der Waals surface area contributed by atoms with E-state index in [9.17, 15) is 9.59 Å². The monoisotopic (exact) mass is 283 g/mol. The number of ether oxygens (including phenoxy) is 1. The molecule has 1 aromatic heterocycles. The van der Waals surface area contributed by atoms with Crippen LogP contribution in [0.5, 0.6) is 0 Å². The van der Waals surface area contributed by atoms with Crippen molar-refractivity contribution in [3.05, 3.63) is 11.7 Å². The van der Waals surface area contributed by atoms with Crippen molar-refractivity contribution in [2.45, 2.75) is 32.6 Å². The van der Waals surface area contributed by atoms with Crippen molar-refractivity contribution in [1.82, 2.24) is 20.4 Å². The average molecular weight is 283 g/mol. The predicted octanol–water partition coefficient (Wildman–Crippen LogP) is -0.513. The molecule has 1 aliphatic heterocycles. The fourth-order valence-electron chi connectivity index (χ4n) is 2.03. The average Bonchev–Trinajstić information content (AvgIpc) is 2.83. The van der Waals surface area contributed by atoms with Gasteiger partial charge in [0.05, 0.1) is 18.8 Å². The fraction of sp³-hybridized carbons (Fsp3) is 0.636. The van der Waals surface area contributed by atoms with Crippen LogP contribution >= 0.6 is 0 Å². The van der Waals surface area contributed by atoms with E-state index < -0.39 is 5.91 Å². The second kappa shape index (κ2) is 5.87. The van der Waals surface area contributed by atoms with Gasteiger partial charge in [-0.2, -0.15) is 4.98 Å². The molecule has 3 N–H and O–H groups in total. The molecular weight excluding hydrogens is 266 g/mol. The maximum Gasteiger partial charge on any atom is 0.318 e. The Balaban J connectivity index is 1.86. The van der Waals surface area contributed by atoms with E-state index in [1.165, 1.54) is 0 Å². The summed E-state index contributed by atoms with van der Waals surface area (Å²) in [6.45, 7) is 4.90. The molecule has 2 rings (SSSR count). The highest BCUT2D eigenvalue weighted by atomic mass is 16.5. The van der Waals surface area contributed by atoms with Crippen LogP contribution in [0, 0.1) is 0 Å². The number of hydrogen-bond acceptors (Lipinski definition) is 6. The summed E-state index contributed by atoms with van der Waals surface area (Å²) in [7, 11) is 0. The van der Waals surface area contributed by atoms with Crippen molar-refractivity contribution in [2.24, 2.45) is 5.73 Å². The Morgan fingerprint density at radius 1 is 1.40 bits per heavy atom. The molecule has 0 unspecified atom stereocenters. The minimum atomic E-state index is -0.776. The first-order chi connectivity index (χ1) is 9.45. The molecular formula is C11H17N5O4. The summed E-state index contributed by atoms with van der Waals surface area (Å²) in [5.41, 5.74) is 5.00. The number of urea groups is 1. The van der Waals surface area contributed by atoms with Crippen LogP contribution in [0.25, 0.3) is 0 Å². The van der Waals surface area contributed by atoms with Crippen LogP contribution in [0.3, 0.4) is 0 Å². The molecule has 2 atom stereocenters. The number of rotatable bonds is 3. The number of carbonyl (C=O) groups excluding carboxylic acids is 2. The molecule has 1 aromatic rings. The van der Waals surface area contributed by atoms with Crippen LogP contribution in [0.1, 0.15) is 30.4 Å². The molecule has 9 heteroatoms. The molecule has 0 aliphatic carbocycles. The van der Waals surface area contributed by atoms with Crippen LogP contribution in [0.4, 0.5) is 4.79 Å². The van der Waals surface area contributed by atoms with Gasteiger partial charge < -0.3 is 25.2 Å². The minimum Gasteiger partial charge on any atom is -0.372 e. The van der Waals surface area contributed by atoms with E-state index in [1.54, 1.807) is 4.90 Å². The molecule has 2 heterocycles. The molecule has 0 bridgehead atoms.